The maximum absolute atomic E-state index is 10.7. The Balaban J connectivity index is 2.22. The maximum Gasteiger partial charge on any atom is 0.306 e. The Morgan fingerprint density at radius 3 is 2.43 bits per heavy atom. The lowest BCUT2D eigenvalue weighted by Crippen LogP contribution is -2.35. The molecular formula is C10H16BrNO2. The molecule has 0 heterocycles. The number of hydrogen-bond acceptors (Lipinski definition) is 2. The van der Waals surface area contributed by atoms with Crippen LogP contribution in [0.2, 0.25) is 0 Å². The molecule has 1 aliphatic rings. The minimum Gasteiger partial charge on any atom is -0.481 e. The van der Waals surface area contributed by atoms with Crippen LogP contribution < -0.4 is 5.32 Å². The zero-order valence-electron chi connectivity index (χ0n) is 8.13. The van der Waals surface area contributed by atoms with Crippen LogP contribution in [0.5, 0.6) is 0 Å². The first-order chi connectivity index (χ1) is 6.59. The highest BCUT2D eigenvalue weighted by Crippen LogP contribution is 2.24. The van der Waals surface area contributed by atoms with Gasteiger partial charge in [-0.1, -0.05) is 22.5 Å². The first-order valence-electron chi connectivity index (χ1n) is 4.89. The van der Waals surface area contributed by atoms with Gasteiger partial charge < -0.3 is 10.4 Å². The molecule has 0 radical (unpaired) electrons. The largest absolute Gasteiger partial charge is 0.481 e. The van der Waals surface area contributed by atoms with Crippen molar-refractivity contribution in [1.29, 1.82) is 0 Å². The van der Waals surface area contributed by atoms with Gasteiger partial charge in [-0.2, -0.15) is 0 Å². The van der Waals surface area contributed by atoms with Crippen LogP contribution in [0.4, 0.5) is 0 Å². The molecule has 1 rings (SSSR count). The molecule has 2 N–H and O–H groups in total. The molecule has 0 aliphatic heterocycles. The zero-order chi connectivity index (χ0) is 10.6. The predicted octanol–water partition coefficient (Wildman–Crippen LogP) is 2.13. The van der Waals surface area contributed by atoms with Crippen LogP contribution >= 0.6 is 15.9 Å². The topological polar surface area (TPSA) is 49.3 Å². The Morgan fingerprint density at radius 1 is 1.43 bits per heavy atom. The second kappa shape index (κ2) is 5.51. The summed E-state index contributed by atoms with van der Waals surface area (Å²) in [5.74, 6) is -0.770. The standard InChI is InChI=1S/C10H16BrNO2/c1-7(11)6-12-9-4-2-8(3-5-9)10(13)14/h8-9,12H,1-6H2,(H,13,14). The third-order valence-corrected chi connectivity index (χ3v) is 2.94. The molecule has 3 nitrogen and oxygen atoms in total. The zero-order valence-corrected chi connectivity index (χ0v) is 9.72. The number of hydrogen-bond donors (Lipinski definition) is 2. The van der Waals surface area contributed by atoms with Gasteiger partial charge in [-0.25, -0.2) is 0 Å². The molecule has 1 aliphatic carbocycles. The first-order valence-corrected chi connectivity index (χ1v) is 5.68. The second-order valence-corrected chi connectivity index (χ2v) is 4.91. The van der Waals surface area contributed by atoms with E-state index in [1.54, 1.807) is 0 Å². The van der Waals surface area contributed by atoms with Gasteiger partial charge in [0, 0.05) is 17.1 Å². The number of carboxylic acid groups (broad SMARTS) is 1. The Hall–Kier alpha value is -0.350. The van der Waals surface area contributed by atoms with Gasteiger partial charge in [-0.05, 0) is 25.7 Å². The van der Waals surface area contributed by atoms with Crippen molar-refractivity contribution in [2.75, 3.05) is 6.54 Å². The fourth-order valence-corrected chi connectivity index (χ4v) is 1.96. The number of carboxylic acids is 1. The van der Waals surface area contributed by atoms with Gasteiger partial charge in [0.2, 0.25) is 0 Å². The van der Waals surface area contributed by atoms with Crippen LogP contribution in [0.15, 0.2) is 11.1 Å². The fraction of sp³-hybridized carbons (Fsp3) is 0.700. The highest BCUT2D eigenvalue weighted by atomic mass is 79.9. The van der Waals surface area contributed by atoms with Crippen LogP contribution in [-0.4, -0.2) is 23.7 Å². The van der Waals surface area contributed by atoms with Gasteiger partial charge >= 0.3 is 5.97 Å². The molecule has 0 atom stereocenters. The van der Waals surface area contributed by atoms with E-state index in [9.17, 15) is 4.79 Å². The quantitative estimate of drug-likeness (QED) is 0.816. The van der Waals surface area contributed by atoms with Crippen molar-refractivity contribution in [3.05, 3.63) is 11.1 Å². The summed E-state index contributed by atoms with van der Waals surface area (Å²) in [6.07, 6.45) is 3.50. The Kier molecular flexibility index (Phi) is 4.62. The van der Waals surface area contributed by atoms with Crippen molar-refractivity contribution >= 4 is 21.9 Å². The second-order valence-electron chi connectivity index (χ2n) is 3.78. The summed E-state index contributed by atoms with van der Waals surface area (Å²) in [6, 6.07) is 0.458. The first kappa shape index (κ1) is 11.7. The Bertz CT molecular complexity index is 222. The van der Waals surface area contributed by atoms with Gasteiger partial charge in [-0.3, -0.25) is 4.79 Å². The summed E-state index contributed by atoms with van der Waals surface area (Å²) in [7, 11) is 0. The third kappa shape index (κ3) is 3.80. The monoisotopic (exact) mass is 261 g/mol. The van der Waals surface area contributed by atoms with E-state index in [-0.39, 0.29) is 5.92 Å². The van der Waals surface area contributed by atoms with E-state index in [4.69, 9.17) is 5.11 Å². The Morgan fingerprint density at radius 2 is 2.00 bits per heavy atom. The molecule has 0 unspecified atom stereocenters. The maximum atomic E-state index is 10.7. The number of halogens is 1. The van der Waals surface area contributed by atoms with Crippen LogP contribution in [0.3, 0.4) is 0 Å². The molecule has 0 amide bonds. The van der Waals surface area contributed by atoms with E-state index in [0.29, 0.717) is 6.04 Å². The number of carbonyl (C=O) groups is 1. The van der Waals surface area contributed by atoms with Gasteiger partial charge in [0.25, 0.3) is 0 Å². The van der Waals surface area contributed by atoms with Gasteiger partial charge in [0.15, 0.2) is 0 Å². The number of aliphatic carboxylic acids is 1. The highest BCUT2D eigenvalue weighted by molar-refractivity contribution is 9.11. The predicted molar refractivity (Wildman–Crippen MR) is 59.5 cm³/mol. The van der Waals surface area contributed by atoms with Crippen molar-refractivity contribution in [2.24, 2.45) is 5.92 Å². The van der Waals surface area contributed by atoms with Crippen LogP contribution in [0.1, 0.15) is 25.7 Å². The van der Waals surface area contributed by atoms with Crippen LogP contribution in [0.25, 0.3) is 0 Å². The Labute approximate surface area is 92.7 Å². The summed E-state index contributed by atoms with van der Waals surface area (Å²) in [4.78, 5) is 10.7. The van der Waals surface area contributed by atoms with Crippen LogP contribution in [-0.2, 0) is 4.79 Å². The molecule has 1 saturated carbocycles. The van der Waals surface area contributed by atoms with E-state index in [0.717, 1.165) is 36.7 Å². The molecule has 80 valence electrons. The van der Waals surface area contributed by atoms with Crippen molar-refractivity contribution in [2.45, 2.75) is 31.7 Å². The smallest absolute Gasteiger partial charge is 0.306 e. The molecule has 0 aromatic carbocycles. The lowest BCUT2D eigenvalue weighted by molar-refractivity contribution is -0.142. The molecule has 14 heavy (non-hydrogen) atoms. The third-order valence-electron chi connectivity index (χ3n) is 2.66. The number of rotatable bonds is 4. The average Bonchev–Trinajstić information content (AvgIpc) is 2.15. The van der Waals surface area contributed by atoms with E-state index >= 15 is 0 Å². The van der Waals surface area contributed by atoms with Gasteiger partial charge in [-0.15, -0.1) is 0 Å². The molecular weight excluding hydrogens is 246 g/mol. The average molecular weight is 262 g/mol. The van der Waals surface area contributed by atoms with E-state index < -0.39 is 5.97 Å². The van der Waals surface area contributed by atoms with E-state index in [1.165, 1.54) is 0 Å². The molecule has 4 heteroatoms. The summed E-state index contributed by atoms with van der Waals surface area (Å²) in [5.41, 5.74) is 0. The number of nitrogens with one attached hydrogen (secondary N) is 1. The normalized spacial score (nSPS) is 27.2. The van der Waals surface area contributed by atoms with Crippen molar-refractivity contribution in [3.63, 3.8) is 0 Å². The van der Waals surface area contributed by atoms with E-state index in [1.807, 2.05) is 0 Å². The SMILES string of the molecule is C=C(Br)CNC1CCC(C(=O)O)CC1. The summed E-state index contributed by atoms with van der Waals surface area (Å²) >= 11 is 3.29. The minimum absolute atomic E-state index is 0.125. The lowest BCUT2D eigenvalue weighted by Gasteiger charge is -2.26. The summed E-state index contributed by atoms with van der Waals surface area (Å²) in [6.45, 7) is 4.51. The van der Waals surface area contributed by atoms with Gasteiger partial charge in [0.1, 0.15) is 0 Å². The molecule has 0 saturated heterocycles. The van der Waals surface area contributed by atoms with Crippen LogP contribution in [0, 0.1) is 5.92 Å². The fourth-order valence-electron chi connectivity index (χ4n) is 1.80. The molecule has 0 aromatic rings. The summed E-state index contributed by atoms with van der Waals surface area (Å²) in [5, 5.41) is 12.1. The van der Waals surface area contributed by atoms with E-state index in [2.05, 4.69) is 27.8 Å². The highest BCUT2D eigenvalue weighted by Gasteiger charge is 2.25. The van der Waals surface area contributed by atoms with Gasteiger partial charge in [0.05, 0.1) is 5.92 Å². The van der Waals surface area contributed by atoms with Crippen molar-refractivity contribution in [3.8, 4) is 0 Å². The lowest BCUT2D eigenvalue weighted by atomic mass is 9.86. The van der Waals surface area contributed by atoms with Crippen molar-refractivity contribution < 1.29 is 9.90 Å². The van der Waals surface area contributed by atoms with Crippen molar-refractivity contribution in [1.82, 2.24) is 5.32 Å². The molecule has 0 spiro atoms. The molecule has 0 bridgehead atoms. The molecule has 1 fully saturated rings. The summed E-state index contributed by atoms with van der Waals surface area (Å²) < 4.78 is 0.942. The molecule has 0 aromatic heterocycles. The minimum atomic E-state index is -0.645.